The van der Waals surface area contributed by atoms with E-state index in [1.165, 1.54) is 18.5 Å². The predicted octanol–water partition coefficient (Wildman–Crippen LogP) is 3.68. The zero-order valence-electron chi connectivity index (χ0n) is 9.58. The minimum atomic E-state index is 0.519. The molecule has 1 aromatic carbocycles. The highest BCUT2D eigenvalue weighted by atomic mass is 79.9. The lowest BCUT2D eigenvalue weighted by Gasteiger charge is -2.29. The van der Waals surface area contributed by atoms with E-state index in [9.17, 15) is 0 Å². The molecule has 1 aromatic rings. The molecular weight excluding hydrogens is 266 g/mol. The molecule has 0 radical (unpaired) electrons. The largest absolute Gasteiger partial charge is 0.382 e. The Morgan fingerprint density at radius 1 is 1.25 bits per heavy atom. The Hall–Kier alpha value is -0.540. The summed E-state index contributed by atoms with van der Waals surface area (Å²) in [4.78, 5) is 0. The van der Waals surface area contributed by atoms with Crippen LogP contribution in [-0.2, 0) is 4.74 Å². The highest BCUT2D eigenvalue weighted by Gasteiger charge is 2.19. The summed E-state index contributed by atoms with van der Waals surface area (Å²) in [5.41, 5.74) is 1.20. The number of hydrogen-bond donors (Lipinski definition) is 1. The first-order chi connectivity index (χ1) is 7.75. The van der Waals surface area contributed by atoms with E-state index in [2.05, 4.69) is 52.4 Å². The lowest BCUT2D eigenvalue weighted by molar-refractivity contribution is 0.0622. The molecule has 1 heterocycles. The maximum atomic E-state index is 5.38. The third-order valence-corrected chi connectivity index (χ3v) is 3.74. The summed E-state index contributed by atoms with van der Waals surface area (Å²) in [6, 6.07) is 8.88. The number of hydrogen-bond acceptors (Lipinski definition) is 2. The number of ether oxygens (including phenoxy) is 1. The summed E-state index contributed by atoms with van der Waals surface area (Å²) in [7, 11) is 0. The van der Waals surface area contributed by atoms with Crippen molar-refractivity contribution in [3.8, 4) is 0 Å². The van der Waals surface area contributed by atoms with Crippen molar-refractivity contribution in [3.05, 3.63) is 28.7 Å². The van der Waals surface area contributed by atoms with Crippen molar-refractivity contribution < 1.29 is 4.74 Å². The average Bonchev–Trinajstić information content (AvgIpc) is 2.33. The molecule has 1 aliphatic rings. The van der Waals surface area contributed by atoms with E-state index in [1.807, 2.05) is 0 Å². The highest BCUT2D eigenvalue weighted by Crippen LogP contribution is 2.22. The Labute approximate surface area is 106 Å². The second-order valence-corrected chi connectivity index (χ2v) is 5.31. The van der Waals surface area contributed by atoms with Crippen molar-refractivity contribution in [1.29, 1.82) is 0 Å². The smallest absolute Gasteiger partial charge is 0.0469 e. The zero-order chi connectivity index (χ0) is 11.4. The molecule has 1 N–H and O–H groups in total. The summed E-state index contributed by atoms with van der Waals surface area (Å²) in [6.07, 6.45) is 2.34. The minimum absolute atomic E-state index is 0.519. The van der Waals surface area contributed by atoms with Crippen LogP contribution in [0.2, 0.25) is 0 Å². The van der Waals surface area contributed by atoms with Crippen LogP contribution in [0.25, 0.3) is 0 Å². The van der Waals surface area contributed by atoms with Crippen LogP contribution in [0.3, 0.4) is 0 Å². The van der Waals surface area contributed by atoms with Gasteiger partial charge in [-0.2, -0.15) is 0 Å². The van der Waals surface area contributed by atoms with Gasteiger partial charge >= 0.3 is 0 Å². The number of halogens is 1. The molecule has 0 amide bonds. The standard InChI is InChI=1S/C13H18BrNO/c1-10(11-6-8-16-9-7-11)15-13-4-2-12(14)3-5-13/h2-5,10-11,15H,6-9H2,1H3. The first kappa shape index (κ1) is 11.9. The van der Waals surface area contributed by atoms with E-state index in [0.29, 0.717) is 6.04 Å². The summed E-state index contributed by atoms with van der Waals surface area (Å²) in [6.45, 7) is 4.09. The molecular formula is C13H18BrNO. The van der Waals surface area contributed by atoms with Crippen LogP contribution in [0.5, 0.6) is 0 Å². The Morgan fingerprint density at radius 2 is 1.88 bits per heavy atom. The van der Waals surface area contributed by atoms with Crippen LogP contribution in [0, 0.1) is 5.92 Å². The average molecular weight is 284 g/mol. The molecule has 3 heteroatoms. The van der Waals surface area contributed by atoms with Gasteiger partial charge in [-0.15, -0.1) is 0 Å². The Bertz CT molecular complexity index is 319. The monoisotopic (exact) mass is 283 g/mol. The van der Waals surface area contributed by atoms with E-state index in [0.717, 1.165) is 23.6 Å². The van der Waals surface area contributed by atoms with Gasteiger partial charge in [0, 0.05) is 29.4 Å². The van der Waals surface area contributed by atoms with Crippen LogP contribution in [-0.4, -0.2) is 19.3 Å². The SMILES string of the molecule is CC(Nc1ccc(Br)cc1)C1CCOCC1. The summed E-state index contributed by atoms with van der Waals surface area (Å²) < 4.78 is 6.50. The summed E-state index contributed by atoms with van der Waals surface area (Å²) in [5.74, 6) is 0.734. The minimum Gasteiger partial charge on any atom is -0.382 e. The van der Waals surface area contributed by atoms with Crippen LogP contribution in [0.15, 0.2) is 28.7 Å². The lowest BCUT2D eigenvalue weighted by Crippen LogP contribution is -2.30. The van der Waals surface area contributed by atoms with E-state index in [-0.39, 0.29) is 0 Å². The molecule has 1 unspecified atom stereocenters. The normalized spacial score (nSPS) is 19.4. The molecule has 88 valence electrons. The van der Waals surface area contributed by atoms with Crippen LogP contribution >= 0.6 is 15.9 Å². The molecule has 1 aliphatic heterocycles. The maximum absolute atomic E-state index is 5.38. The number of anilines is 1. The van der Waals surface area contributed by atoms with E-state index in [4.69, 9.17) is 4.74 Å². The molecule has 0 saturated carbocycles. The Kier molecular flexibility index (Phi) is 4.24. The van der Waals surface area contributed by atoms with Crippen molar-refractivity contribution in [2.45, 2.75) is 25.8 Å². The first-order valence-electron chi connectivity index (χ1n) is 5.85. The second-order valence-electron chi connectivity index (χ2n) is 4.39. The molecule has 1 saturated heterocycles. The van der Waals surface area contributed by atoms with Crippen molar-refractivity contribution >= 4 is 21.6 Å². The van der Waals surface area contributed by atoms with Gasteiger partial charge in [0.05, 0.1) is 0 Å². The molecule has 2 nitrogen and oxygen atoms in total. The molecule has 2 rings (SSSR count). The van der Waals surface area contributed by atoms with Crippen LogP contribution in [0.4, 0.5) is 5.69 Å². The van der Waals surface area contributed by atoms with E-state index >= 15 is 0 Å². The molecule has 0 bridgehead atoms. The fourth-order valence-corrected chi connectivity index (χ4v) is 2.41. The zero-order valence-corrected chi connectivity index (χ0v) is 11.2. The van der Waals surface area contributed by atoms with Gasteiger partial charge in [-0.3, -0.25) is 0 Å². The first-order valence-corrected chi connectivity index (χ1v) is 6.65. The third-order valence-electron chi connectivity index (χ3n) is 3.21. The van der Waals surface area contributed by atoms with Crippen molar-refractivity contribution in [2.24, 2.45) is 5.92 Å². The fraction of sp³-hybridized carbons (Fsp3) is 0.538. The van der Waals surface area contributed by atoms with Gasteiger partial charge in [0.15, 0.2) is 0 Å². The van der Waals surface area contributed by atoms with Crippen LogP contribution in [0.1, 0.15) is 19.8 Å². The molecule has 1 atom stereocenters. The number of benzene rings is 1. The van der Waals surface area contributed by atoms with Crippen molar-refractivity contribution in [3.63, 3.8) is 0 Å². The van der Waals surface area contributed by atoms with Gasteiger partial charge in [-0.05, 0) is 49.9 Å². The van der Waals surface area contributed by atoms with E-state index < -0.39 is 0 Å². The van der Waals surface area contributed by atoms with Gasteiger partial charge in [-0.1, -0.05) is 15.9 Å². The van der Waals surface area contributed by atoms with Gasteiger partial charge in [0.1, 0.15) is 0 Å². The highest BCUT2D eigenvalue weighted by molar-refractivity contribution is 9.10. The Morgan fingerprint density at radius 3 is 2.50 bits per heavy atom. The maximum Gasteiger partial charge on any atom is 0.0469 e. The quantitative estimate of drug-likeness (QED) is 0.914. The fourth-order valence-electron chi connectivity index (χ4n) is 2.14. The molecule has 0 aromatic heterocycles. The van der Waals surface area contributed by atoms with Crippen molar-refractivity contribution in [1.82, 2.24) is 0 Å². The lowest BCUT2D eigenvalue weighted by atomic mass is 9.93. The number of rotatable bonds is 3. The van der Waals surface area contributed by atoms with Gasteiger partial charge in [0.25, 0.3) is 0 Å². The van der Waals surface area contributed by atoms with Gasteiger partial charge in [-0.25, -0.2) is 0 Å². The Balaban J connectivity index is 1.90. The van der Waals surface area contributed by atoms with E-state index in [1.54, 1.807) is 0 Å². The number of nitrogens with one attached hydrogen (secondary N) is 1. The van der Waals surface area contributed by atoms with Crippen molar-refractivity contribution in [2.75, 3.05) is 18.5 Å². The molecule has 1 fully saturated rings. The summed E-state index contributed by atoms with van der Waals surface area (Å²) >= 11 is 3.44. The predicted molar refractivity (Wildman–Crippen MR) is 70.8 cm³/mol. The molecule has 0 aliphatic carbocycles. The summed E-state index contributed by atoms with van der Waals surface area (Å²) in [5, 5.41) is 3.56. The second kappa shape index (κ2) is 5.69. The van der Waals surface area contributed by atoms with Gasteiger partial charge < -0.3 is 10.1 Å². The molecule has 0 spiro atoms. The topological polar surface area (TPSA) is 21.3 Å². The van der Waals surface area contributed by atoms with Crippen LogP contribution < -0.4 is 5.32 Å². The third kappa shape index (κ3) is 3.22. The molecule has 16 heavy (non-hydrogen) atoms. The van der Waals surface area contributed by atoms with Gasteiger partial charge in [0.2, 0.25) is 0 Å².